The second kappa shape index (κ2) is 5.03. The molecule has 5 heteroatoms. The number of hydrogen-bond donors (Lipinski definition) is 0. The van der Waals surface area contributed by atoms with Crippen LogP contribution in [0.4, 0.5) is 4.39 Å². The Hall–Kier alpha value is -1.49. The fourth-order valence-electron chi connectivity index (χ4n) is 1.10. The Labute approximate surface area is 100 Å². The van der Waals surface area contributed by atoms with Gasteiger partial charge in [-0.05, 0) is 40.2 Å². The van der Waals surface area contributed by atoms with Gasteiger partial charge >= 0.3 is 0 Å². The highest BCUT2D eigenvalue weighted by Gasteiger charge is 1.98. The largest absolute Gasteiger partial charge is 0.486 e. The molecular formula is C11H8BrFN2O. The summed E-state index contributed by atoms with van der Waals surface area (Å²) in [5.41, 5.74) is 0.799. The highest BCUT2D eigenvalue weighted by molar-refractivity contribution is 9.10. The molecule has 0 aliphatic heterocycles. The van der Waals surface area contributed by atoms with Gasteiger partial charge < -0.3 is 4.74 Å². The molecule has 0 saturated carbocycles. The molecule has 0 bridgehead atoms. The Morgan fingerprint density at radius 3 is 2.62 bits per heavy atom. The summed E-state index contributed by atoms with van der Waals surface area (Å²) in [6, 6.07) is 6.52. The first-order valence-electron chi connectivity index (χ1n) is 4.59. The van der Waals surface area contributed by atoms with Crippen LogP contribution in [0.5, 0.6) is 5.75 Å². The highest BCUT2D eigenvalue weighted by Crippen LogP contribution is 2.12. The average Bonchev–Trinajstić information content (AvgIpc) is 2.30. The van der Waals surface area contributed by atoms with Crippen LogP contribution in [0.3, 0.4) is 0 Å². The molecule has 2 heterocycles. The number of ether oxygens (including phenoxy) is 1. The van der Waals surface area contributed by atoms with Gasteiger partial charge in [-0.15, -0.1) is 0 Å². The molecule has 2 aromatic rings. The lowest BCUT2D eigenvalue weighted by molar-refractivity contribution is 0.299. The zero-order valence-corrected chi connectivity index (χ0v) is 9.82. The minimum Gasteiger partial charge on any atom is -0.486 e. The maximum atomic E-state index is 12.5. The van der Waals surface area contributed by atoms with E-state index in [9.17, 15) is 4.39 Å². The molecule has 0 atom stereocenters. The Balaban J connectivity index is 1.97. The van der Waals surface area contributed by atoms with Crippen molar-refractivity contribution in [1.82, 2.24) is 9.97 Å². The predicted octanol–water partition coefficient (Wildman–Crippen LogP) is 2.96. The molecule has 82 valence electrons. The third-order valence-electron chi connectivity index (χ3n) is 1.88. The molecule has 0 amide bonds. The molecule has 2 rings (SSSR count). The summed E-state index contributed by atoms with van der Waals surface area (Å²) in [4.78, 5) is 7.63. The van der Waals surface area contributed by atoms with Crippen molar-refractivity contribution in [2.24, 2.45) is 0 Å². The lowest BCUT2D eigenvalue weighted by Crippen LogP contribution is -1.98. The predicted molar refractivity (Wildman–Crippen MR) is 60.5 cm³/mol. The van der Waals surface area contributed by atoms with Crippen molar-refractivity contribution in [2.75, 3.05) is 0 Å². The topological polar surface area (TPSA) is 35.0 Å². The molecule has 0 aromatic carbocycles. The molecule has 0 N–H and O–H groups in total. The molecule has 0 fully saturated rings. The summed E-state index contributed by atoms with van der Waals surface area (Å²) in [7, 11) is 0. The number of aromatic nitrogens is 2. The van der Waals surface area contributed by atoms with Crippen LogP contribution in [0.2, 0.25) is 0 Å². The molecule has 0 aliphatic carbocycles. The third kappa shape index (κ3) is 3.00. The fraction of sp³-hybridized carbons (Fsp3) is 0.0909. The van der Waals surface area contributed by atoms with Crippen LogP contribution in [0.25, 0.3) is 0 Å². The van der Waals surface area contributed by atoms with Crippen LogP contribution in [0.1, 0.15) is 5.69 Å². The van der Waals surface area contributed by atoms with E-state index >= 15 is 0 Å². The first kappa shape index (κ1) is 11.0. The van der Waals surface area contributed by atoms with Crippen LogP contribution < -0.4 is 4.74 Å². The summed E-state index contributed by atoms with van der Waals surface area (Å²) in [6.07, 6.45) is 3.04. The summed E-state index contributed by atoms with van der Waals surface area (Å²) < 4.78 is 18.8. The second-order valence-corrected chi connectivity index (χ2v) is 3.99. The monoisotopic (exact) mass is 282 g/mol. The fourth-order valence-corrected chi connectivity index (χ4v) is 1.33. The Kier molecular flexibility index (Phi) is 3.46. The molecule has 2 aromatic heterocycles. The van der Waals surface area contributed by atoms with E-state index < -0.39 is 5.95 Å². The number of hydrogen-bond acceptors (Lipinski definition) is 3. The molecule has 0 spiro atoms. The minimum absolute atomic E-state index is 0.334. The van der Waals surface area contributed by atoms with E-state index in [4.69, 9.17) is 4.74 Å². The molecule has 16 heavy (non-hydrogen) atoms. The van der Waals surface area contributed by atoms with Gasteiger partial charge in [-0.25, -0.2) is 4.98 Å². The number of halogens is 2. The van der Waals surface area contributed by atoms with Gasteiger partial charge in [0.05, 0.1) is 11.9 Å². The van der Waals surface area contributed by atoms with Gasteiger partial charge in [-0.3, -0.25) is 4.98 Å². The van der Waals surface area contributed by atoms with Crippen LogP contribution in [-0.4, -0.2) is 9.97 Å². The van der Waals surface area contributed by atoms with Crippen molar-refractivity contribution in [1.29, 1.82) is 0 Å². The lowest BCUT2D eigenvalue weighted by Gasteiger charge is -2.04. The van der Waals surface area contributed by atoms with Crippen molar-refractivity contribution < 1.29 is 9.13 Å². The quantitative estimate of drug-likeness (QED) is 0.812. The van der Waals surface area contributed by atoms with Crippen molar-refractivity contribution in [2.45, 2.75) is 6.61 Å². The summed E-state index contributed by atoms with van der Waals surface area (Å²) in [5.74, 6) is 0.000218. The van der Waals surface area contributed by atoms with Crippen molar-refractivity contribution in [3.63, 3.8) is 0 Å². The molecule has 0 aliphatic rings. The Morgan fingerprint density at radius 2 is 2.00 bits per heavy atom. The third-order valence-corrected chi connectivity index (χ3v) is 2.34. The SMILES string of the molecule is Fc1ccc(OCc2ccc(Br)cn2)cn1. The second-order valence-electron chi connectivity index (χ2n) is 3.07. The van der Waals surface area contributed by atoms with Gasteiger partial charge in [-0.2, -0.15) is 4.39 Å². The zero-order chi connectivity index (χ0) is 11.4. The van der Waals surface area contributed by atoms with Crippen molar-refractivity contribution in [3.8, 4) is 5.75 Å². The molecule has 0 unspecified atom stereocenters. The van der Waals surface area contributed by atoms with E-state index in [2.05, 4.69) is 25.9 Å². The number of pyridine rings is 2. The molecule has 0 radical (unpaired) electrons. The van der Waals surface area contributed by atoms with E-state index in [0.29, 0.717) is 12.4 Å². The van der Waals surface area contributed by atoms with E-state index in [-0.39, 0.29) is 0 Å². The first-order chi connectivity index (χ1) is 7.74. The van der Waals surface area contributed by atoms with Gasteiger partial charge in [0.1, 0.15) is 12.4 Å². The standard InChI is InChI=1S/C11H8BrFN2O/c12-8-1-2-9(14-5-8)7-16-10-3-4-11(13)15-6-10/h1-6H,7H2. The van der Waals surface area contributed by atoms with E-state index in [0.717, 1.165) is 10.2 Å². The van der Waals surface area contributed by atoms with Crippen molar-refractivity contribution in [3.05, 3.63) is 52.8 Å². The van der Waals surface area contributed by atoms with Crippen LogP contribution >= 0.6 is 15.9 Å². The van der Waals surface area contributed by atoms with Gasteiger partial charge in [0.25, 0.3) is 0 Å². The van der Waals surface area contributed by atoms with Crippen molar-refractivity contribution >= 4 is 15.9 Å². The maximum Gasteiger partial charge on any atom is 0.213 e. The highest BCUT2D eigenvalue weighted by atomic mass is 79.9. The van der Waals surface area contributed by atoms with E-state index in [1.165, 1.54) is 18.3 Å². The summed E-state index contributed by atoms with van der Waals surface area (Å²) in [5, 5.41) is 0. The Bertz CT molecular complexity index is 413. The van der Waals surface area contributed by atoms with Crippen LogP contribution in [0.15, 0.2) is 41.1 Å². The zero-order valence-electron chi connectivity index (χ0n) is 8.23. The molecule has 0 saturated heterocycles. The van der Waals surface area contributed by atoms with Crippen LogP contribution in [0, 0.1) is 5.95 Å². The normalized spacial score (nSPS) is 10.1. The first-order valence-corrected chi connectivity index (χ1v) is 5.38. The maximum absolute atomic E-state index is 12.5. The van der Waals surface area contributed by atoms with E-state index in [1.807, 2.05) is 12.1 Å². The smallest absolute Gasteiger partial charge is 0.213 e. The molecular weight excluding hydrogens is 275 g/mol. The summed E-state index contributed by atoms with van der Waals surface area (Å²) in [6.45, 7) is 0.334. The van der Waals surface area contributed by atoms with Gasteiger partial charge in [0.2, 0.25) is 5.95 Å². The number of rotatable bonds is 3. The average molecular weight is 283 g/mol. The van der Waals surface area contributed by atoms with Gasteiger partial charge in [0.15, 0.2) is 0 Å². The lowest BCUT2D eigenvalue weighted by atomic mass is 10.4. The molecule has 3 nitrogen and oxygen atoms in total. The van der Waals surface area contributed by atoms with Gasteiger partial charge in [0, 0.05) is 10.7 Å². The van der Waals surface area contributed by atoms with Gasteiger partial charge in [-0.1, -0.05) is 0 Å². The minimum atomic E-state index is -0.519. The number of nitrogens with zero attached hydrogens (tertiary/aromatic N) is 2. The Morgan fingerprint density at radius 1 is 1.12 bits per heavy atom. The summed E-state index contributed by atoms with van der Waals surface area (Å²) >= 11 is 3.29. The van der Waals surface area contributed by atoms with Crippen LogP contribution in [-0.2, 0) is 6.61 Å². The van der Waals surface area contributed by atoms with E-state index in [1.54, 1.807) is 6.20 Å².